The molecule has 6 nitrogen and oxygen atoms in total. The quantitative estimate of drug-likeness (QED) is 0.569. The van der Waals surface area contributed by atoms with Gasteiger partial charge in [0.15, 0.2) is 5.82 Å². The molecule has 1 aliphatic carbocycles. The molecule has 0 bridgehead atoms. The zero-order valence-electron chi connectivity index (χ0n) is 15.9. The number of hydrogen-bond acceptors (Lipinski definition) is 4. The Morgan fingerprint density at radius 1 is 1.21 bits per heavy atom. The maximum Gasteiger partial charge on any atom is 0.336 e. The van der Waals surface area contributed by atoms with E-state index in [4.69, 9.17) is 27.9 Å². The first-order valence-electron chi connectivity index (χ1n) is 9.51. The number of amides is 1. The van der Waals surface area contributed by atoms with E-state index in [1.54, 1.807) is 16.8 Å². The molecule has 0 radical (unpaired) electrons. The lowest BCUT2D eigenvalue weighted by atomic mass is 9.85. The fourth-order valence-electron chi connectivity index (χ4n) is 3.12. The van der Waals surface area contributed by atoms with Crippen LogP contribution in [0.3, 0.4) is 0 Å². The van der Waals surface area contributed by atoms with Crippen LogP contribution in [-0.4, -0.2) is 27.3 Å². The van der Waals surface area contributed by atoms with E-state index in [0.717, 1.165) is 30.5 Å². The van der Waals surface area contributed by atoms with Crippen molar-refractivity contribution in [2.75, 3.05) is 11.9 Å². The lowest BCUT2D eigenvalue weighted by Gasteiger charge is -2.24. The Balaban J connectivity index is 1.70. The standard InChI is InChI=1S/C21H20Cl2N4O2/c1-2-29-21-25-19(14-9-10-17(22)18(23)11-14)27(26-21)16-8-4-7-15(12-16)24-20(28)13-5-3-6-13/h4,7-13H,2-3,5-6H2,1H3,(H,24,28). The molecule has 1 fully saturated rings. The summed E-state index contributed by atoms with van der Waals surface area (Å²) >= 11 is 12.2. The Bertz CT molecular complexity index is 1050. The summed E-state index contributed by atoms with van der Waals surface area (Å²) in [5.74, 6) is 0.738. The van der Waals surface area contributed by atoms with E-state index >= 15 is 0 Å². The van der Waals surface area contributed by atoms with Gasteiger partial charge in [-0.2, -0.15) is 4.98 Å². The van der Waals surface area contributed by atoms with Crippen molar-refractivity contribution in [2.24, 2.45) is 5.92 Å². The number of nitrogens with one attached hydrogen (secondary N) is 1. The Labute approximate surface area is 178 Å². The SMILES string of the molecule is CCOc1nc(-c2ccc(Cl)c(Cl)c2)n(-c2cccc(NC(=O)C3CCC3)c2)n1. The van der Waals surface area contributed by atoms with E-state index < -0.39 is 0 Å². The van der Waals surface area contributed by atoms with Crippen molar-refractivity contribution >= 4 is 34.8 Å². The summed E-state index contributed by atoms with van der Waals surface area (Å²) in [6.45, 7) is 2.32. The van der Waals surface area contributed by atoms with E-state index in [-0.39, 0.29) is 17.8 Å². The Kier molecular flexibility index (Phi) is 5.74. The fourth-order valence-corrected chi connectivity index (χ4v) is 3.41. The number of halogens is 2. The van der Waals surface area contributed by atoms with Crippen LogP contribution in [0, 0.1) is 5.92 Å². The molecule has 3 aromatic rings. The van der Waals surface area contributed by atoms with Gasteiger partial charge >= 0.3 is 6.01 Å². The molecule has 1 aromatic heterocycles. The molecule has 1 amide bonds. The number of carbonyl (C=O) groups is 1. The van der Waals surface area contributed by atoms with Crippen LogP contribution in [-0.2, 0) is 4.79 Å². The van der Waals surface area contributed by atoms with Crippen molar-refractivity contribution in [2.45, 2.75) is 26.2 Å². The number of carbonyl (C=O) groups excluding carboxylic acids is 1. The fraction of sp³-hybridized carbons (Fsp3) is 0.286. The molecular formula is C21H20Cl2N4O2. The highest BCUT2D eigenvalue weighted by Gasteiger charge is 2.25. The highest BCUT2D eigenvalue weighted by atomic mass is 35.5. The van der Waals surface area contributed by atoms with Crippen LogP contribution in [0.15, 0.2) is 42.5 Å². The average molecular weight is 431 g/mol. The lowest BCUT2D eigenvalue weighted by Crippen LogP contribution is -2.28. The van der Waals surface area contributed by atoms with E-state index in [1.165, 1.54) is 0 Å². The highest BCUT2D eigenvalue weighted by molar-refractivity contribution is 6.42. The summed E-state index contributed by atoms with van der Waals surface area (Å²) in [4.78, 5) is 16.8. The third-order valence-corrected chi connectivity index (χ3v) is 5.61. The number of hydrogen-bond donors (Lipinski definition) is 1. The molecule has 0 spiro atoms. The molecule has 8 heteroatoms. The number of aromatic nitrogens is 3. The van der Waals surface area contributed by atoms with Gasteiger partial charge in [-0.1, -0.05) is 35.7 Å². The third-order valence-electron chi connectivity index (χ3n) is 4.87. The number of benzene rings is 2. The molecule has 0 saturated heterocycles. The zero-order chi connectivity index (χ0) is 20.4. The summed E-state index contributed by atoms with van der Waals surface area (Å²) in [7, 11) is 0. The molecule has 1 heterocycles. The van der Waals surface area contributed by atoms with E-state index in [2.05, 4.69) is 15.4 Å². The van der Waals surface area contributed by atoms with E-state index in [1.807, 2.05) is 37.3 Å². The van der Waals surface area contributed by atoms with Gasteiger partial charge in [-0.3, -0.25) is 4.79 Å². The van der Waals surface area contributed by atoms with Crippen molar-refractivity contribution in [3.05, 3.63) is 52.5 Å². The van der Waals surface area contributed by atoms with Gasteiger partial charge in [0.25, 0.3) is 0 Å². The predicted molar refractivity (Wildman–Crippen MR) is 114 cm³/mol. The van der Waals surface area contributed by atoms with Gasteiger partial charge in [-0.25, -0.2) is 4.68 Å². The van der Waals surface area contributed by atoms with Crippen LogP contribution in [0.25, 0.3) is 17.1 Å². The lowest BCUT2D eigenvalue weighted by molar-refractivity contribution is -0.122. The maximum absolute atomic E-state index is 12.3. The highest BCUT2D eigenvalue weighted by Crippen LogP contribution is 2.31. The largest absolute Gasteiger partial charge is 0.463 e. The van der Waals surface area contributed by atoms with Crippen LogP contribution in [0.5, 0.6) is 6.01 Å². The normalized spacial score (nSPS) is 13.8. The van der Waals surface area contributed by atoms with Crippen LogP contribution in [0.1, 0.15) is 26.2 Å². The second-order valence-corrected chi connectivity index (χ2v) is 7.67. The van der Waals surface area contributed by atoms with Crippen LogP contribution in [0.4, 0.5) is 5.69 Å². The summed E-state index contributed by atoms with van der Waals surface area (Å²) in [5, 5.41) is 8.36. The summed E-state index contributed by atoms with van der Waals surface area (Å²) in [6, 6.07) is 13.0. The van der Waals surface area contributed by atoms with Gasteiger partial charge in [0.1, 0.15) is 0 Å². The second-order valence-electron chi connectivity index (χ2n) is 6.86. The van der Waals surface area contributed by atoms with Gasteiger partial charge in [0, 0.05) is 17.2 Å². The molecule has 4 rings (SSSR count). The van der Waals surface area contributed by atoms with Gasteiger partial charge < -0.3 is 10.1 Å². The van der Waals surface area contributed by atoms with Crippen molar-refractivity contribution in [3.8, 4) is 23.1 Å². The van der Waals surface area contributed by atoms with Crippen LogP contribution >= 0.6 is 23.2 Å². The van der Waals surface area contributed by atoms with Crippen LogP contribution < -0.4 is 10.1 Å². The molecule has 1 saturated carbocycles. The number of rotatable bonds is 6. The monoisotopic (exact) mass is 430 g/mol. The van der Waals surface area contributed by atoms with Crippen molar-refractivity contribution in [1.82, 2.24) is 14.8 Å². The summed E-state index contributed by atoms with van der Waals surface area (Å²) < 4.78 is 7.17. The average Bonchev–Trinajstić information content (AvgIpc) is 3.07. The minimum absolute atomic E-state index is 0.0618. The number of ether oxygens (including phenoxy) is 1. The molecule has 0 aliphatic heterocycles. The second kappa shape index (κ2) is 8.43. The minimum atomic E-state index is 0.0618. The summed E-state index contributed by atoms with van der Waals surface area (Å²) in [6.07, 6.45) is 3.02. The molecule has 0 atom stereocenters. The molecule has 29 heavy (non-hydrogen) atoms. The predicted octanol–water partition coefficient (Wildman–Crippen LogP) is 5.38. The Morgan fingerprint density at radius 2 is 2.03 bits per heavy atom. The smallest absolute Gasteiger partial charge is 0.336 e. The van der Waals surface area contributed by atoms with Crippen molar-refractivity contribution in [1.29, 1.82) is 0 Å². The molecule has 150 valence electrons. The topological polar surface area (TPSA) is 69.0 Å². The van der Waals surface area contributed by atoms with E-state index in [9.17, 15) is 4.79 Å². The molecular weight excluding hydrogens is 411 g/mol. The first-order valence-corrected chi connectivity index (χ1v) is 10.3. The molecule has 0 unspecified atom stereocenters. The van der Waals surface area contributed by atoms with Gasteiger partial charge in [-0.05, 0) is 56.2 Å². The van der Waals surface area contributed by atoms with Crippen molar-refractivity contribution in [3.63, 3.8) is 0 Å². The zero-order valence-corrected chi connectivity index (χ0v) is 17.4. The maximum atomic E-state index is 12.3. The summed E-state index contributed by atoms with van der Waals surface area (Å²) in [5.41, 5.74) is 2.21. The Morgan fingerprint density at radius 3 is 2.72 bits per heavy atom. The Hall–Kier alpha value is -2.57. The first-order chi connectivity index (χ1) is 14.0. The van der Waals surface area contributed by atoms with Gasteiger partial charge in [0.2, 0.25) is 5.91 Å². The third kappa shape index (κ3) is 4.23. The molecule has 1 N–H and O–H groups in total. The first kappa shape index (κ1) is 19.7. The van der Waals surface area contributed by atoms with Crippen LogP contribution in [0.2, 0.25) is 10.0 Å². The minimum Gasteiger partial charge on any atom is -0.463 e. The number of nitrogens with zero attached hydrogens (tertiary/aromatic N) is 3. The molecule has 1 aliphatic rings. The number of anilines is 1. The van der Waals surface area contributed by atoms with Gasteiger partial charge in [0.05, 0.1) is 22.3 Å². The van der Waals surface area contributed by atoms with Crippen molar-refractivity contribution < 1.29 is 9.53 Å². The van der Waals surface area contributed by atoms with E-state index in [0.29, 0.717) is 28.2 Å². The van der Waals surface area contributed by atoms with Gasteiger partial charge in [-0.15, -0.1) is 5.10 Å². The molecule has 2 aromatic carbocycles.